The van der Waals surface area contributed by atoms with Crippen molar-refractivity contribution in [1.82, 2.24) is 14.8 Å². The zero-order valence-corrected chi connectivity index (χ0v) is 14.8. The number of pyridine rings is 1. The first-order valence-electron chi connectivity index (χ1n) is 8.62. The van der Waals surface area contributed by atoms with Crippen molar-refractivity contribution in [2.75, 3.05) is 11.4 Å². The molecule has 0 radical (unpaired) electrons. The van der Waals surface area contributed by atoms with Crippen LogP contribution >= 0.6 is 0 Å². The second kappa shape index (κ2) is 6.63. The van der Waals surface area contributed by atoms with Crippen molar-refractivity contribution in [3.05, 3.63) is 71.3 Å². The summed E-state index contributed by atoms with van der Waals surface area (Å²) in [6.07, 6.45) is 0. The maximum Gasteiger partial charge on any atom is 0.276 e. The molecule has 2 aromatic heterocycles. The van der Waals surface area contributed by atoms with Crippen LogP contribution in [0.3, 0.4) is 0 Å². The number of para-hydroxylation sites is 1. The van der Waals surface area contributed by atoms with Crippen LogP contribution in [0, 0.1) is 13.8 Å². The van der Waals surface area contributed by atoms with Gasteiger partial charge in [0.2, 0.25) is 0 Å². The summed E-state index contributed by atoms with van der Waals surface area (Å²) < 4.78 is 7.50. The summed E-state index contributed by atoms with van der Waals surface area (Å²) in [5.74, 6) is 0.733. The monoisotopic (exact) mass is 348 g/mol. The normalized spacial score (nSPS) is 13.6. The molecule has 0 atom stereocenters. The molecular formula is C20H20N4O2. The Morgan fingerprint density at radius 2 is 1.88 bits per heavy atom. The van der Waals surface area contributed by atoms with E-state index >= 15 is 0 Å². The minimum absolute atomic E-state index is 0.0523. The van der Waals surface area contributed by atoms with E-state index in [4.69, 9.17) is 4.74 Å². The second-order valence-electron chi connectivity index (χ2n) is 6.36. The van der Waals surface area contributed by atoms with Gasteiger partial charge in [-0.05, 0) is 44.2 Å². The highest BCUT2D eigenvalue weighted by molar-refractivity contribution is 6.06. The fraction of sp³-hybridized carbons (Fsp3) is 0.250. The fourth-order valence-corrected chi connectivity index (χ4v) is 3.19. The lowest BCUT2D eigenvalue weighted by Crippen LogP contribution is -2.41. The molecule has 0 fully saturated rings. The molecule has 6 heteroatoms. The summed E-state index contributed by atoms with van der Waals surface area (Å²) in [5, 5.41) is 4.51. The first-order chi connectivity index (χ1) is 12.6. The van der Waals surface area contributed by atoms with Crippen LogP contribution in [-0.2, 0) is 13.2 Å². The Kier molecular flexibility index (Phi) is 4.16. The number of ether oxygens (including phenoxy) is 1. The molecule has 132 valence electrons. The zero-order valence-electron chi connectivity index (χ0n) is 14.8. The second-order valence-corrected chi connectivity index (χ2v) is 6.36. The number of aromatic nitrogens is 3. The van der Waals surface area contributed by atoms with Gasteiger partial charge in [-0.25, -0.2) is 0 Å². The van der Waals surface area contributed by atoms with Gasteiger partial charge in [-0.1, -0.05) is 18.2 Å². The van der Waals surface area contributed by atoms with Crippen molar-refractivity contribution in [1.29, 1.82) is 0 Å². The summed E-state index contributed by atoms with van der Waals surface area (Å²) >= 11 is 0. The van der Waals surface area contributed by atoms with Crippen molar-refractivity contribution in [3.8, 4) is 5.75 Å². The van der Waals surface area contributed by atoms with E-state index in [1.807, 2.05) is 62.4 Å². The van der Waals surface area contributed by atoms with Crippen molar-refractivity contribution < 1.29 is 9.53 Å². The number of nitrogens with zero attached hydrogens (tertiary/aromatic N) is 4. The number of amides is 1. The number of anilines is 1. The first kappa shape index (κ1) is 16.3. The van der Waals surface area contributed by atoms with Crippen LogP contribution in [0.25, 0.3) is 0 Å². The molecular weight excluding hydrogens is 328 g/mol. The Balaban J connectivity index is 1.54. The van der Waals surface area contributed by atoms with Gasteiger partial charge in [0.1, 0.15) is 23.7 Å². The minimum Gasteiger partial charge on any atom is -0.487 e. The third-order valence-corrected chi connectivity index (χ3v) is 4.45. The van der Waals surface area contributed by atoms with E-state index in [-0.39, 0.29) is 5.91 Å². The molecule has 6 nitrogen and oxygen atoms in total. The van der Waals surface area contributed by atoms with Gasteiger partial charge in [0, 0.05) is 12.2 Å². The third-order valence-electron chi connectivity index (χ3n) is 4.45. The van der Waals surface area contributed by atoms with Gasteiger partial charge in [-0.2, -0.15) is 5.10 Å². The van der Waals surface area contributed by atoms with Gasteiger partial charge >= 0.3 is 0 Å². The number of rotatable bonds is 4. The minimum atomic E-state index is -0.0523. The Hall–Kier alpha value is -3.15. The number of benzene rings is 1. The van der Waals surface area contributed by atoms with E-state index in [0.29, 0.717) is 25.4 Å². The van der Waals surface area contributed by atoms with Crippen molar-refractivity contribution in [3.63, 3.8) is 0 Å². The Labute approximate surface area is 152 Å². The lowest BCUT2D eigenvalue weighted by molar-refractivity contribution is 0.0962. The fourth-order valence-electron chi connectivity index (χ4n) is 3.19. The lowest BCUT2D eigenvalue weighted by Gasteiger charge is -2.28. The maximum absolute atomic E-state index is 12.9. The maximum atomic E-state index is 12.9. The molecule has 0 saturated heterocycles. The van der Waals surface area contributed by atoms with Crippen LogP contribution in [0.5, 0.6) is 5.75 Å². The summed E-state index contributed by atoms with van der Waals surface area (Å²) in [6, 6.07) is 15.3. The topological polar surface area (TPSA) is 60.2 Å². The number of hydrogen-bond acceptors (Lipinski definition) is 4. The van der Waals surface area contributed by atoms with Gasteiger partial charge in [-0.15, -0.1) is 0 Å². The highest BCUT2D eigenvalue weighted by Crippen LogP contribution is 2.24. The molecule has 3 aromatic rings. The number of aryl methyl sites for hydroxylation is 2. The molecule has 0 spiro atoms. The van der Waals surface area contributed by atoms with Crippen molar-refractivity contribution >= 4 is 11.6 Å². The van der Waals surface area contributed by atoms with Gasteiger partial charge in [0.15, 0.2) is 0 Å². The smallest absolute Gasteiger partial charge is 0.276 e. The summed E-state index contributed by atoms with van der Waals surface area (Å²) in [7, 11) is 0. The standard InChI is InChI=1S/C20H20N4O2/c1-14-8-9-18(15(2)21-14)23-10-11-24-19(20(23)25)12-16(22-24)13-26-17-6-4-3-5-7-17/h3-9,12H,10-11,13H2,1-2H3. The van der Waals surface area contributed by atoms with E-state index < -0.39 is 0 Å². The molecule has 1 aliphatic rings. The van der Waals surface area contributed by atoms with Crippen LogP contribution in [0.1, 0.15) is 27.6 Å². The van der Waals surface area contributed by atoms with E-state index in [1.165, 1.54) is 0 Å². The first-order valence-corrected chi connectivity index (χ1v) is 8.62. The number of carbonyl (C=O) groups is 1. The predicted octanol–water partition coefficient (Wildman–Crippen LogP) is 3.13. The van der Waals surface area contributed by atoms with Gasteiger partial charge < -0.3 is 9.64 Å². The number of fused-ring (bicyclic) bond motifs is 1. The third kappa shape index (κ3) is 3.06. The highest BCUT2D eigenvalue weighted by atomic mass is 16.5. The predicted molar refractivity (Wildman–Crippen MR) is 98.4 cm³/mol. The average molecular weight is 348 g/mol. The van der Waals surface area contributed by atoms with Crippen molar-refractivity contribution in [2.24, 2.45) is 0 Å². The Morgan fingerprint density at radius 1 is 1.08 bits per heavy atom. The molecule has 0 saturated carbocycles. The van der Waals surface area contributed by atoms with Crippen LogP contribution in [0.2, 0.25) is 0 Å². The molecule has 4 rings (SSSR count). The number of carbonyl (C=O) groups excluding carboxylic acids is 1. The number of hydrogen-bond donors (Lipinski definition) is 0. The van der Waals surface area contributed by atoms with E-state index in [2.05, 4.69) is 10.1 Å². The van der Waals surface area contributed by atoms with E-state index in [9.17, 15) is 4.79 Å². The quantitative estimate of drug-likeness (QED) is 0.727. The molecule has 1 aliphatic heterocycles. The Morgan fingerprint density at radius 3 is 2.65 bits per heavy atom. The summed E-state index contributed by atoms with van der Waals surface area (Å²) in [4.78, 5) is 19.2. The SMILES string of the molecule is Cc1ccc(N2CCn3nc(COc4ccccc4)cc3C2=O)c(C)n1. The van der Waals surface area contributed by atoms with Crippen LogP contribution in [-0.4, -0.2) is 27.2 Å². The zero-order chi connectivity index (χ0) is 18.1. The highest BCUT2D eigenvalue weighted by Gasteiger charge is 2.28. The van der Waals surface area contributed by atoms with E-state index in [0.717, 1.165) is 28.5 Å². The molecule has 0 N–H and O–H groups in total. The average Bonchev–Trinajstić information content (AvgIpc) is 3.06. The molecule has 0 unspecified atom stereocenters. The van der Waals surface area contributed by atoms with Crippen LogP contribution < -0.4 is 9.64 Å². The lowest BCUT2D eigenvalue weighted by atomic mass is 10.2. The van der Waals surface area contributed by atoms with Crippen LogP contribution in [0.15, 0.2) is 48.5 Å². The van der Waals surface area contributed by atoms with Gasteiger partial charge in [0.05, 0.1) is 17.9 Å². The summed E-state index contributed by atoms with van der Waals surface area (Å²) in [5.41, 5.74) is 4.00. The molecule has 1 aromatic carbocycles. The molecule has 0 bridgehead atoms. The summed E-state index contributed by atoms with van der Waals surface area (Å²) in [6.45, 7) is 5.45. The molecule has 1 amide bonds. The van der Waals surface area contributed by atoms with E-state index in [1.54, 1.807) is 9.58 Å². The molecule has 3 heterocycles. The van der Waals surface area contributed by atoms with Gasteiger partial charge in [0.25, 0.3) is 5.91 Å². The molecule has 0 aliphatic carbocycles. The van der Waals surface area contributed by atoms with Crippen molar-refractivity contribution in [2.45, 2.75) is 27.0 Å². The van der Waals surface area contributed by atoms with Gasteiger partial charge in [-0.3, -0.25) is 14.5 Å². The largest absolute Gasteiger partial charge is 0.487 e. The molecule has 26 heavy (non-hydrogen) atoms. The Bertz CT molecular complexity index is 950. The van der Waals surface area contributed by atoms with Crippen LogP contribution in [0.4, 0.5) is 5.69 Å².